The summed E-state index contributed by atoms with van der Waals surface area (Å²) in [6.45, 7) is 2.53. The fraction of sp³-hybridized carbons (Fsp3) is 1.00. The number of aliphatic hydroxyl groups is 1. The highest BCUT2D eigenvalue weighted by molar-refractivity contribution is 4.51. The van der Waals surface area contributed by atoms with Crippen molar-refractivity contribution in [2.24, 2.45) is 0 Å². The van der Waals surface area contributed by atoms with Crippen LogP contribution < -0.4 is 0 Å². The summed E-state index contributed by atoms with van der Waals surface area (Å²) >= 11 is 0. The second-order valence-electron chi connectivity index (χ2n) is 1.93. The third-order valence-corrected chi connectivity index (χ3v) is 1.24. The lowest BCUT2D eigenvalue weighted by atomic mass is 10.4. The molecule has 0 atom stereocenters. The molecule has 0 spiro atoms. The second kappa shape index (κ2) is 3.02. The lowest BCUT2D eigenvalue weighted by Gasteiger charge is -2.23. The Hall–Kier alpha value is -0.120. The van der Waals surface area contributed by atoms with E-state index < -0.39 is 0 Å². The largest absolute Gasteiger partial charge is 0.381 e. The van der Waals surface area contributed by atoms with Gasteiger partial charge in [-0.2, -0.15) is 0 Å². The van der Waals surface area contributed by atoms with Gasteiger partial charge < -0.3 is 9.84 Å². The summed E-state index contributed by atoms with van der Waals surface area (Å²) in [5, 5.41) is 8.54. The zero-order valence-corrected chi connectivity index (χ0v) is 4.84. The maximum atomic E-state index is 8.54. The molecule has 0 aromatic heterocycles. The van der Waals surface area contributed by atoms with Crippen LogP contribution in [0.4, 0.5) is 0 Å². The monoisotopic (exact) mass is 117 g/mol. The molecule has 48 valence electrons. The van der Waals surface area contributed by atoms with Gasteiger partial charge in [-0.3, -0.25) is 4.90 Å². The summed E-state index contributed by atoms with van der Waals surface area (Å²) in [5.74, 6) is 0. The third-order valence-electron chi connectivity index (χ3n) is 1.24. The summed E-state index contributed by atoms with van der Waals surface area (Å²) in [5.41, 5.74) is 0. The van der Waals surface area contributed by atoms with Gasteiger partial charge in [0.25, 0.3) is 0 Å². The fourth-order valence-electron chi connectivity index (χ4n) is 0.760. The van der Waals surface area contributed by atoms with Crippen LogP contribution in [0.25, 0.3) is 0 Å². The summed E-state index contributed by atoms with van der Waals surface area (Å²) in [6.07, 6.45) is 1.04. The Morgan fingerprint density at radius 1 is 1.62 bits per heavy atom. The van der Waals surface area contributed by atoms with Crippen molar-refractivity contribution >= 4 is 0 Å². The van der Waals surface area contributed by atoms with E-state index in [1.54, 1.807) is 0 Å². The molecule has 0 saturated carbocycles. The van der Waals surface area contributed by atoms with Crippen molar-refractivity contribution < 1.29 is 9.84 Å². The predicted octanol–water partition coefficient (Wildman–Crippen LogP) is -0.384. The zero-order chi connectivity index (χ0) is 5.82. The predicted molar refractivity (Wildman–Crippen MR) is 29.2 cm³/mol. The van der Waals surface area contributed by atoms with E-state index in [0.29, 0.717) is 6.73 Å². The molecule has 0 amide bonds. The first kappa shape index (κ1) is 6.01. The smallest absolute Gasteiger partial charge is 0.101 e. The van der Waals surface area contributed by atoms with E-state index in [1.165, 1.54) is 0 Å². The van der Waals surface area contributed by atoms with Gasteiger partial charge in [0.2, 0.25) is 0 Å². The number of hydrogen-bond acceptors (Lipinski definition) is 3. The van der Waals surface area contributed by atoms with Crippen molar-refractivity contribution in [3.8, 4) is 0 Å². The number of rotatable bonds is 1. The standard InChI is InChI=1S/C5H11NO2/c7-4-6-2-1-3-8-5-6/h7H,1-5H2. The minimum Gasteiger partial charge on any atom is -0.381 e. The Kier molecular flexibility index (Phi) is 2.27. The minimum atomic E-state index is 0.125. The van der Waals surface area contributed by atoms with Gasteiger partial charge in [-0.25, -0.2) is 0 Å². The normalized spacial score (nSPS) is 23.6. The first-order valence-corrected chi connectivity index (χ1v) is 2.84. The first-order chi connectivity index (χ1) is 3.93. The number of hydrogen-bond donors (Lipinski definition) is 1. The number of nitrogens with zero attached hydrogens (tertiary/aromatic N) is 1. The second-order valence-corrected chi connectivity index (χ2v) is 1.93. The molecule has 0 radical (unpaired) electrons. The summed E-state index contributed by atoms with van der Waals surface area (Å²) in [4.78, 5) is 1.85. The van der Waals surface area contributed by atoms with Crippen molar-refractivity contribution in [3.05, 3.63) is 0 Å². The van der Waals surface area contributed by atoms with Gasteiger partial charge >= 0.3 is 0 Å². The van der Waals surface area contributed by atoms with E-state index in [0.717, 1.165) is 19.6 Å². The van der Waals surface area contributed by atoms with Crippen molar-refractivity contribution in [1.82, 2.24) is 4.90 Å². The van der Waals surface area contributed by atoms with Gasteiger partial charge in [0.15, 0.2) is 0 Å². The molecule has 1 aliphatic heterocycles. The Morgan fingerprint density at radius 3 is 2.88 bits per heavy atom. The van der Waals surface area contributed by atoms with E-state index in [1.807, 2.05) is 4.90 Å². The lowest BCUT2D eigenvalue weighted by Crippen LogP contribution is -2.33. The Morgan fingerprint density at radius 2 is 2.50 bits per heavy atom. The molecule has 0 aromatic carbocycles. The highest BCUT2D eigenvalue weighted by Crippen LogP contribution is 1.97. The highest BCUT2D eigenvalue weighted by Gasteiger charge is 2.06. The topological polar surface area (TPSA) is 32.7 Å². The van der Waals surface area contributed by atoms with Crippen LogP contribution in [0, 0.1) is 0 Å². The van der Waals surface area contributed by atoms with E-state index in [4.69, 9.17) is 9.84 Å². The molecule has 1 saturated heterocycles. The van der Waals surface area contributed by atoms with E-state index in [9.17, 15) is 0 Å². The molecule has 8 heavy (non-hydrogen) atoms. The molecule has 3 heteroatoms. The van der Waals surface area contributed by atoms with E-state index in [2.05, 4.69) is 0 Å². The van der Waals surface area contributed by atoms with E-state index >= 15 is 0 Å². The van der Waals surface area contributed by atoms with Gasteiger partial charge in [0, 0.05) is 13.2 Å². The average Bonchev–Trinajstić information content (AvgIpc) is 1.90. The molecular weight excluding hydrogens is 106 g/mol. The van der Waals surface area contributed by atoms with Gasteiger partial charge in [0.05, 0.1) is 6.73 Å². The summed E-state index contributed by atoms with van der Waals surface area (Å²) < 4.78 is 5.04. The van der Waals surface area contributed by atoms with Crippen LogP contribution in [0.1, 0.15) is 6.42 Å². The van der Waals surface area contributed by atoms with Crippen LogP contribution in [0.2, 0.25) is 0 Å². The van der Waals surface area contributed by atoms with Crippen LogP contribution in [0.5, 0.6) is 0 Å². The third kappa shape index (κ3) is 1.43. The molecule has 1 rings (SSSR count). The molecule has 1 N–H and O–H groups in total. The van der Waals surface area contributed by atoms with Crippen molar-refractivity contribution in [3.63, 3.8) is 0 Å². The highest BCUT2D eigenvalue weighted by atomic mass is 16.5. The Bertz CT molecular complexity index is 61.4. The maximum Gasteiger partial charge on any atom is 0.101 e. The van der Waals surface area contributed by atoms with Gasteiger partial charge in [-0.1, -0.05) is 0 Å². The molecular formula is C5H11NO2. The van der Waals surface area contributed by atoms with Crippen molar-refractivity contribution in [2.75, 3.05) is 26.6 Å². The van der Waals surface area contributed by atoms with Crippen LogP contribution in [0.3, 0.4) is 0 Å². The zero-order valence-electron chi connectivity index (χ0n) is 4.84. The first-order valence-electron chi connectivity index (χ1n) is 2.84. The van der Waals surface area contributed by atoms with E-state index in [-0.39, 0.29) is 6.73 Å². The molecule has 3 nitrogen and oxygen atoms in total. The van der Waals surface area contributed by atoms with Crippen molar-refractivity contribution in [2.45, 2.75) is 6.42 Å². The van der Waals surface area contributed by atoms with Gasteiger partial charge in [0.1, 0.15) is 6.73 Å². The van der Waals surface area contributed by atoms with Crippen LogP contribution in [-0.4, -0.2) is 36.6 Å². The minimum absolute atomic E-state index is 0.125. The Labute approximate surface area is 48.9 Å². The van der Waals surface area contributed by atoms with Crippen molar-refractivity contribution in [1.29, 1.82) is 0 Å². The molecule has 0 aliphatic carbocycles. The van der Waals surface area contributed by atoms with Crippen LogP contribution >= 0.6 is 0 Å². The average molecular weight is 117 g/mol. The summed E-state index contributed by atoms with van der Waals surface area (Å²) in [6, 6.07) is 0. The van der Waals surface area contributed by atoms with Gasteiger partial charge in [-0.15, -0.1) is 0 Å². The summed E-state index contributed by atoms with van der Waals surface area (Å²) in [7, 11) is 0. The quantitative estimate of drug-likeness (QED) is 0.508. The van der Waals surface area contributed by atoms with Crippen LogP contribution in [0.15, 0.2) is 0 Å². The Balaban J connectivity index is 2.13. The van der Waals surface area contributed by atoms with Gasteiger partial charge in [-0.05, 0) is 6.42 Å². The number of ether oxygens (including phenoxy) is 1. The molecule has 0 bridgehead atoms. The lowest BCUT2D eigenvalue weighted by molar-refractivity contribution is -0.0515. The fourth-order valence-corrected chi connectivity index (χ4v) is 0.760. The molecule has 1 fully saturated rings. The van der Waals surface area contributed by atoms with Crippen LogP contribution in [-0.2, 0) is 4.74 Å². The number of aliphatic hydroxyl groups excluding tert-OH is 1. The SMILES string of the molecule is OCN1CCCOC1. The molecule has 1 heterocycles. The molecule has 0 aromatic rings. The molecule has 1 aliphatic rings. The molecule has 0 unspecified atom stereocenters. The maximum absolute atomic E-state index is 8.54.